The van der Waals surface area contributed by atoms with Crippen molar-refractivity contribution in [3.05, 3.63) is 72.4 Å². The molecule has 0 amide bonds. The number of benzene rings is 1. The molecule has 1 aromatic carbocycles. The van der Waals surface area contributed by atoms with E-state index in [0.29, 0.717) is 24.8 Å². The number of aromatic nitrogens is 3. The average Bonchev–Trinajstić information content (AvgIpc) is 3.25. The van der Waals surface area contributed by atoms with Gasteiger partial charge in [0.25, 0.3) is 0 Å². The second kappa shape index (κ2) is 12.1. The smallest absolute Gasteiger partial charge is 0.191 e. The van der Waals surface area contributed by atoms with Crippen molar-refractivity contribution >= 4 is 29.9 Å². The summed E-state index contributed by atoms with van der Waals surface area (Å²) in [5, 5.41) is 10.7. The SMILES string of the molecule is CCNC(=NCc1ccnc(-n2cccn2)c1)NCC(C)Oc1cccc(F)c1.I. The number of rotatable bonds is 8. The Balaban J connectivity index is 0.00000320. The number of nitrogens with one attached hydrogen (secondary N) is 2. The number of nitrogens with zero attached hydrogens (tertiary/aromatic N) is 4. The second-order valence-electron chi connectivity index (χ2n) is 6.43. The Labute approximate surface area is 192 Å². The van der Waals surface area contributed by atoms with Crippen LogP contribution in [-0.4, -0.2) is 39.9 Å². The highest BCUT2D eigenvalue weighted by Crippen LogP contribution is 2.13. The molecule has 2 aromatic heterocycles. The van der Waals surface area contributed by atoms with Gasteiger partial charge in [0.15, 0.2) is 11.8 Å². The van der Waals surface area contributed by atoms with Crippen LogP contribution in [0.25, 0.3) is 5.82 Å². The molecule has 0 aliphatic rings. The van der Waals surface area contributed by atoms with Gasteiger partial charge < -0.3 is 15.4 Å². The molecule has 2 N–H and O–H groups in total. The number of ether oxygens (including phenoxy) is 1. The average molecular weight is 524 g/mol. The summed E-state index contributed by atoms with van der Waals surface area (Å²) >= 11 is 0. The summed E-state index contributed by atoms with van der Waals surface area (Å²) in [5.41, 5.74) is 1.02. The molecule has 3 rings (SSSR count). The lowest BCUT2D eigenvalue weighted by atomic mass is 10.2. The van der Waals surface area contributed by atoms with E-state index in [0.717, 1.165) is 17.9 Å². The number of halogens is 2. The van der Waals surface area contributed by atoms with Crippen LogP contribution in [0.4, 0.5) is 4.39 Å². The molecule has 0 fully saturated rings. The molecule has 0 saturated carbocycles. The molecular formula is C21H26FIN6O. The summed E-state index contributed by atoms with van der Waals surface area (Å²) in [6, 6.07) is 11.9. The molecule has 0 aliphatic carbocycles. The third kappa shape index (κ3) is 7.29. The molecule has 1 atom stereocenters. The fourth-order valence-electron chi connectivity index (χ4n) is 2.66. The van der Waals surface area contributed by atoms with Crippen LogP contribution < -0.4 is 15.4 Å². The van der Waals surface area contributed by atoms with Gasteiger partial charge in [0, 0.05) is 31.2 Å². The van der Waals surface area contributed by atoms with Gasteiger partial charge in [-0.05, 0) is 49.7 Å². The fourth-order valence-corrected chi connectivity index (χ4v) is 2.66. The Hall–Kier alpha value is -2.69. The minimum absolute atomic E-state index is 0. The second-order valence-corrected chi connectivity index (χ2v) is 6.43. The normalized spacial score (nSPS) is 12.0. The number of hydrogen-bond acceptors (Lipinski definition) is 4. The van der Waals surface area contributed by atoms with Crippen LogP contribution in [0.15, 0.2) is 66.0 Å². The molecule has 0 aliphatic heterocycles. The first-order valence-electron chi connectivity index (χ1n) is 9.53. The van der Waals surface area contributed by atoms with E-state index in [-0.39, 0.29) is 35.9 Å². The van der Waals surface area contributed by atoms with E-state index in [9.17, 15) is 4.39 Å². The Bertz CT molecular complexity index is 935. The van der Waals surface area contributed by atoms with Crippen molar-refractivity contribution in [3.8, 4) is 11.6 Å². The molecule has 1 unspecified atom stereocenters. The van der Waals surface area contributed by atoms with Crippen LogP contribution in [0.2, 0.25) is 0 Å². The standard InChI is InChI=1S/C21H25FN6O.HI/c1-3-23-21(25-14-16(2)29-19-7-4-6-18(22)13-19)26-15-17-8-10-24-20(12-17)28-11-5-9-27-28;/h4-13,16H,3,14-15H2,1-2H3,(H2,23,25,26);1H. The van der Waals surface area contributed by atoms with Crippen molar-refractivity contribution in [1.29, 1.82) is 0 Å². The molecule has 9 heteroatoms. The molecule has 30 heavy (non-hydrogen) atoms. The molecular weight excluding hydrogens is 498 g/mol. The summed E-state index contributed by atoms with van der Waals surface area (Å²) in [4.78, 5) is 8.95. The fraction of sp³-hybridized carbons (Fsp3) is 0.286. The minimum Gasteiger partial charge on any atom is -0.489 e. The van der Waals surface area contributed by atoms with Crippen molar-refractivity contribution in [3.63, 3.8) is 0 Å². The van der Waals surface area contributed by atoms with E-state index in [2.05, 4.69) is 25.7 Å². The van der Waals surface area contributed by atoms with Crippen molar-refractivity contribution in [2.45, 2.75) is 26.5 Å². The van der Waals surface area contributed by atoms with Gasteiger partial charge in [-0.3, -0.25) is 0 Å². The van der Waals surface area contributed by atoms with E-state index in [1.807, 2.05) is 38.2 Å². The lowest BCUT2D eigenvalue weighted by Crippen LogP contribution is -2.41. The molecule has 0 saturated heterocycles. The van der Waals surface area contributed by atoms with Crippen LogP contribution in [0.5, 0.6) is 5.75 Å². The molecule has 0 radical (unpaired) electrons. The maximum atomic E-state index is 13.3. The Morgan fingerprint density at radius 1 is 1.20 bits per heavy atom. The van der Waals surface area contributed by atoms with E-state index in [1.54, 1.807) is 29.2 Å². The molecule has 2 heterocycles. The monoisotopic (exact) mass is 524 g/mol. The summed E-state index contributed by atoms with van der Waals surface area (Å²) in [7, 11) is 0. The topological polar surface area (TPSA) is 76.4 Å². The van der Waals surface area contributed by atoms with Crippen LogP contribution in [-0.2, 0) is 6.54 Å². The lowest BCUT2D eigenvalue weighted by molar-refractivity contribution is 0.223. The lowest BCUT2D eigenvalue weighted by Gasteiger charge is -2.17. The van der Waals surface area contributed by atoms with Crippen LogP contribution >= 0.6 is 24.0 Å². The first-order chi connectivity index (χ1) is 14.1. The maximum Gasteiger partial charge on any atom is 0.191 e. The summed E-state index contributed by atoms with van der Waals surface area (Å²) in [5.74, 6) is 1.62. The van der Waals surface area contributed by atoms with Crippen molar-refractivity contribution in [2.24, 2.45) is 4.99 Å². The molecule has 0 bridgehead atoms. The van der Waals surface area contributed by atoms with E-state index in [1.165, 1.54) is 12.1 Å². The largest absolute Gasteiger partial charge is 0.489 e. The van der Waals surface area contributed by atoms with Gasteiger partial charge in [-0.1, -0.05) is 6.07 Å². The molecule has 160 valence electrons. The van der Waals surface area contributed by atoms with Crippen LogP contribution in [0, 0.1) is 5.82 Å². The highest BCUT2D eigenvalue weighted by atomic mass is 127. The number of pyridine rings is 1. The minimum atomic E-state index is -0.315. The van der Waals surface area contributed by atoms with Gasteiger partial charge >= 0.3 is 0 Å². The summed E-state index contributed by atoms with van der Waals surface area (Å²) in [6.07, 6.45) is 5.15. The molecule has 3 aromatic rings. The first kappa shape index (κ1) is 23.6. The number of guanidine groups is 1. The Morgan fingerprint density at radius 3 is 2.80 bits per heavy atom. The predicted octanol–water partition coefficient (Wildman–Crippen LogP) is 3.55. The number of hydrogen-bond donors (Lipinski definition) is 2. The van der Waals surface area contributed by atoms with Gasteiger partial charge in [0.1, 0.15) is 17.7 Å². The maximum absolute atomic E-state index is 13.3. The molecule has 0 spiro atoms. The van der Waals surface area contributed by atoms with Gasteiger partial charge in [-0.15, -0.1) is 24.0 Å². The molecule has 7 nitrogen and oxygen atoms in total. The first-order valence-corrected chi connectivity index (χ1v) is 9.53. The predicted molar refractivity (Wildman–Crippen MR) is 126 cm³/mol. The van der Waals surface area contributed by atoms with Crippen molar-refractivity contribution in [1.82, 2.24) is 25.4 Å². The van der Waals surface area contributed by atoms with Gasteiger partial charge in [-0.25, -0.2) is 19.0 Å². The third-order valence-electron chi connectivity index (χ3n) is 4.00. The van der Waals surface area contributed by atoms with Crippen LogP contribution in [0.3, 0.4) is 0 Å². The Kier molecular flexibility index (Phi) is 9.52. The van der Waals surface area contributed by atoms with Gasteiger partial charge in [0.05, 0.1) is 13.1 Å². The summed E-state index contributed by atoms with van der Waals surface area (Å²) < 4.78 is 20.7. The van der Waals surface area contributed by atoms with E-state index < -0.39 is 0 Å². The summed E-state index contributed by atoms with van der Waals surface area (Å²) in [6.45, 7) is 5.68. The van der Waals surface area contributed by atoms with Crippen molar-refractivity contribution in [2.75, 3.05) is 13.1 Å². The zero-order valence-electron chi connectivity index (χ0n) is 17.0. The quantitative estimate of drug-likeness (QED) is 0.268. The number of aliphatic imine (C=N–C) groups is 1. The third-order valence-corrected chi connectivity index (χ3v) is 4.00. The zero-order chi connectivity index (χ0) is 20.5. The van der Waals surface area contributed by atoms with E-state index >= 15 is 0 Å². The van der Waals surface area contributed by atoms with Crippen LogP contribution in [0.1, 0.15) is 19.4 Å². The zero-order valence-corrected chi connectivity index (χ0v) is 19.3. The highest BCUT2D eigenvalue weighted by molar-refractivity contribution is 14.0. The Morgan fingerprint density at radius 2 is 2.07 bits per heavy atom. The van der Waals surface area contributed by atoms with Gasteiger partial charge in [-0.2, -0.15) is 5.10 Å². The van der Waals surface area contributed by atoms with E-state index in [4.69, 9.17) is 4.74 Å². The highest BCUT2D eigenvalue weighted by Gasteiger charge is 2.07. The van der Waals surface area contributed by atoms with Gasteiger partial charge in [0.2, 0.25) is 0 Å². The van der Waals surface area contributed by atoms with Crippen molar-refractivity contribution < 1.29 is 9.13 Å².